The molecule has 118 valence electrons. The number of ketones is 1. The zero-order valence-corrected chi connectivity index (χ0v) is 19.9. The zero-order chi connectivity index (χ0) is 15.0. The molecule has 0 aromatic heterocycles. The first kappa shape index (κ1) is 25.2. The largest absolute Gasteiger partial charge is 0.496 e. The summed E-state index contributed by atoms with van der Waals surface area (Å²) in [6.45, 7) is 7.35. The van der Waals surface area contributed by atoms with Gasteiger partial charge in [-0.25, -0.2) is 6.08 Å². The fourth-order valence-corrected chi connectivity index (χ4v) is 1.98. The van der Waals surface area contributed by atoms with E-state index >= 15 is 0 Å². The molecular weight excluding hydrogens is 428 g/mol. The maximum atomic E-state index is 11.3. The van der Waals surface area contributed by atoms with E-state index in [-0.39, 0.29) is 71.2 Å². The molecule has 0 atom stereocenters. The van der Waals surface area contributed by atoms with Crippen LogP contribution in [-0.4, -0.2) is 56.7 Å². The number of Topliss-reactive ketones (excluding diaryl/α,β-unsaturated/α-hetero) is 1. The molecule has 0 spiro atoms. The Hall–Kier alpha value is 0.948. The number of aliphatic imine (C=N–C) groups is 1. The van der Waals surface area contributed by atoms with Crippen LogP contribution in [0.4, 0.5) is 0 Å². The van der Waals surface area contributed by atoms with Crippen molar-refractivity contribution in [3.8, 4) is 0 Å². The van der Waals surface area contributed by atoms with Gasteiger partial charge in [-0.3, -0.25) is 5.57 Å². The second-order valence-electron chi connectivity index (χ2n) is 5.22. The Morgan fingerprint density at radius 1 is 1.18 bits per heavy atom. The van der Waals surface area contributed by atoms with Gasteiger partial charge in [0.05, 0.1) is 0 Å². The number of hydrogen-bond donors (Lipinski definition) is 1. The van der Waals surface area contributed by atoms with Crippen LogP contribution in [-0.2, 0) is 70.2 Å². The van der Waals surface area contributed by atoms with Crippen LogP contribution in [0.2, 0.25) is 0 Å². The molecule has 0 aliphatic carbocycles. The molecule has 2 aliphatic rings. The molecule has 0 aromatic rings. The monoisotopic (exact) mass is 453 g/mol. The molecule has 0 unspecified atom stereocenters. The normalized spacial score (nSPS) is 21.1. The second-order valence-corrected chi connectivity index (χ2v) is 5.22. The molecule has 2 rings (SSSR count). The Morgan fingerprint density at radius 3 is 2.50 bits per heavy atom. The van der Waals surface area contributed by atoms with E-state index in [0.717, 1.165) is 25.2 Å². The summed E-state index contributed by atoms with van der Waals surface area (Å²) in [5.74, 6) is 0.135. The Bertz CT molecular complexity index is 431. The summed E-state index contributed by atoms with van der Waals surface area (Å²) in [6.07, 6.45) is 8.55. The van der Waals surface area contributed by atoms with E-state index in [1.165, 1.54) is 12.0 Å². The minimum Gasteiger partial charge on any atom is -0.496 e. The van der Waals surface area contributed by atoms with Gasteiger partial charge >= 0.3 is 0 Å². The molecule has 0 bridgehead atoms. The van der Waals surface area contributed by atoms with Crippen LogP contribution in [0.1, 0.15) is 26.7 Å². The minimum atomic E-state index is 0. The smallest absolute Gasteiger partial charge is 0.0262 e. The van der Waals surface area contributed by atoms with Gasteiger partial charge in [-0.15, -0.1) is 0 Å². The van der Waals surface area contributed by atoms with Gasteiger partial charge in [-0.2, -0.15) is 12.0 Å². The first-order chi connectivity index (χ1) is 9.52. The molecule has 2 aliphatic heterocycles. The summed E-state index contributed by atoms with van der Waals surface area (Å²) in [5.41, 5.74) is 2.94. The number of carbonyl (C=O) groups is 1. The Morgan fingerprint density at radius 2 is 1.86 bits per heavy atom. The molecule has 22 heavy (non-hydrogen) atoms. The van der Waals surface area contributed by atoms with Crippen molar-refractivity contribution in [3.05, 3.63) is 23.3 Å². The third-order valence-corrected chi connectivity index (χ3v) is 3.26. The van der Waals surface area contributed by atoms with E-state index in [1.54, 1.807) is 14.0 Å². The fourth-order valence-electron chi connectivity index (χ4n) is 1.98. The van der Waals surface area contributed by atoms with Crippen LogP contribution < -0.4 is 5.32 Å². The molecule has 4 nitrogen and oxygen atoms in total. The first-order valence-electron chi connectivity index (χ1n) is 7.08. The van der Waals surface area contributed by atoms with Gasteiger partial charge in [0.25, 0.3) is 0 Å². The molecule has 0 fully saturated rings. The van der Waals surface area contributed by atoms with E-state index in [4.69, 9.17) is 0 Å². The molecule has 2 heterocycles. The van der Waals surface area contributed by atoms with Crippen molar-refractivity contribution >= 4 is 11.5 Å². The predicted molar refractivity (Wildman–Crippen MR) is 82.8 cm³/mol. The quantitative estimate of drug-likeness (QED) is 0.565. The second kappa shape index (κ2) is 14.3. The van der Waals surface area contributed by atoms with E-state index < -0.39 is 0 Å². The van der Waals surface area contributed by atoms with Crippen molar-refractivity contribution in [2.45, 2.75) is 26.7 Å². The van der Waals surface area contributed by atoms with Crippen LogP contribution in [0.25, 0.3) is 0 Å². The third-order valence-electron chi connectivity index (χ3n) is 3.26. The van der Waals surface area contributed by atoms with Crippen LogP contribution in [0, 0.1) is 12.2 Å². The summed E-state index contributed by atoms with van der Waals surface area (Å²) in [4.78, 5) is 17.3. The number of carbonyl (C=O) groups excluding carboxylic acids is 1. The molecule has 6 heteroatoms. The van der Waals surface area contributed by atoms with Crippen molar-refractivity contribution in [3.63, 3.8) is 0 Å². The summed E-state index contributed by atoms with van der Waals surface area (Å²) < 4.78 is 0. The van der Waals surface area contributed by atoms with Gasteiger partial charge < -0.3 is 26.1 Å². The molecule has 2 radical (unpaired) electrons. The van der Waals surface area contributed by atoms with Crippen LogP contribution in [0.15, 0.2) is 16.1 Å². The summed E-state index contributed by atoms with van der Waals surface area (Å²) in [7, 11) is 3.63. The standard InChI is InChI=1S/C9H13N2O.C7H12N.2Y/c1-7-4-8(10-2)5-11(3)6-9(7)12;1-7-3-2-5-8-6-4-7;;/h5-6H2,1-3H3;8H,2,4-6H2,1H3;;/q2*-1;;. The molecule has 0 saturated heterocycles. The van der Waals surface area contributed by atoms with E-state index in [2.05, 4.69) is 29.4 Å². The van der Waals surface area contributed by atoms with Crippen molar-refractivity contribution in [2.75, 3.05) is 40.3 Å². The Kier molecular flexibility index (Phi) is 16.4. The van der Waals surface area contributed by atoms with E-state index in [0.29, 0.717) is 18.7 Å². The van der Waals surface area contributed by atoms with Crippen molar-refractivity contribution in [1.29, 1.82) is 0 Å². The van der Waals surface area contributed by atoms with Crippen LogP contribution in [0.5, 0.6) is 0 Å². The topological polar surface area (TPSA) is 44.7 Å². The van der Waals surface area contributed by atoms with E-state index in [9.17, 15) is 4.79 Å². The summed E-state index contributed by atoms with van der Waals surface area (Å²) in [6, 6.07) is 0. The maximum absolute atomic E-state index is 11.3. The number of nitrogens with zero attached hydrogens (tertiary/aromatic N) is 2. The van der Waals surface area contributed by atoms with Crippen molar-refractivity contribution in [2.24, 2.45) is 4.99 Å². The van der Waals surface area contributed by atoms with Crippen molar-refractivity contribution in [1.82, 2.24) is 10.2 Å². The molecular formula is C16H25N3OY2-2. The molecule has 0 aromatic carbocycles. The summed E-state index contributed by atoms with van der Waals surface area (Å²) >= 11 is 0. The number of likely N-dealkylation sites (N-methyl/N-ethyl adjacent to an activating group) is 1. The predicted octanol–water partition coefficient (Wildman–Crippen LogP) is 1.44. The number of nitrogens with one attached hydrogen (secondary N) is 1. The fraction of sp³-hybridized carbons (Fsp3) is 0.625. The average Bonchev–Trinajstić information content (AvgIpc) is 2.71. The summed E-state index contributed by atoms with van der Waals surface area (Å²) in [5, 5.41) is 3.29. The maximum Gasteiger partial charge on any atom is 0.0262 e. The van der Waals surface area contributed by atoms with Crippen LogP contribution in [0.3, 0.4) is 0 Å². The first-order valence-corrected chi connectivity index (χ1v) is 7.08. The van der Waals surface area contributed by atoms with Crippen LogP contribution >= 0.6 is 0 Å². The third kappa shape index (κ3) is 10.7. The van der Waals surface area contributed by atoms with E-state index in [1.807, 2.05) is 11.9 Å². The van der Waals surface area contributed by atoms with Crippen molar-refractivity contribution < 1.29 is 70.2 Å². The SMILES string of the molecule is CC1=[C-]CCNCC1.CN=C1[C-]=C(C)C(=O)CN(C)C1.[Y].[Y]. The van der Waals surface area contributed by atoms with Gasteiger partial charge in [0.15, 0.2) is 0 Å². The van der Waals surface area contributed by atoms with Gasteiger partial charge in [-0.1, -0.05) is 20.3 Å². The Labute approximate surface area is 185 Å². The minimum absolute atomic E-state index is 0. The van der Waals surface area contributed by atoms with Gasteiger partial charge in [0, 0.05) is 84.8 Å². The molecule has 0 saturated carbocycles. The van der Waals surface area contributed by atoms with Gasteiger partial charge in [0.1, 0.15) is 0 Å². The van der Waals surface area contributed by atoms with Gasteiger partial charge in [0.2, 0.25) is 0 Å². The molecule has 0 amide bonds. The van der Waals surface area contributed by atoms with Gasteiger partial charge in [-0.05, 0) is 32.4 Å². The molecule has 1 N–H and O–H groups in total. The number of rotatable bonds is 0. The zero-order valence-electron chi connectivity index (χ0n) is 14.2. The Balaban J connectivity index is 0. The average molecular weight is 453 g/mol. The number of hydrogen-bond acceptors (Lipinski definition) is 4.